The molecule has 4 heterocycles. The van der Waals surface area contributed by atoms with Crippen molar-refractivity contribution in [2.45, 2.75) is 45.3 Å². The number of fused-ring (bicyclic) bond motifs is 1. The summed E-state index contributed by atoms with van der Waals surface area (Å²) in [6, 6.07) is 7.60. The Morgan fingerprint density at radius 2 is 1.77 bits per heavy atom. The topological polar surface area (TPSA) is 63.2 Å². The van der Waals surface area contributed by atoms with Gasteiger partial charge in [0.2, 0.25) is 5.89 Å². The van der Waals surface area contributed by atoms with Crippen LogP contribution in [0.25, 0.3) is 11.5 Å². The molecule has 8 heteroatoms. The van der Waals surface area contributed by atoms with Crippen molar-refractivity contribution in [1.29, 1.82) is 0 Å². The van der Waals surface area contributed by atoms with E-state index in [1.165, 1.54) is 25.1 Å². The fourth-order valence-electron chi connectivity index (χ4n) is 4.33. The largest absolute Gasteiger partial charge is 0.444 e. The summed E-state index contributed by atoms with van der Waals surface area (Å²) in [6.45, 7) is 6.85. The normalized spacial score (nSPS) is 18.3. The Hall–Kier alpha value is -2.22. The Bertz CT molecular complexity index is 991. The van der Waals surface area contributed by atoms with Crippen LogP contribution >= 0.6 is 11.6 Å². The van der Waals surface area contributed by atoms with Crippen LogP contribution < -0.4 is 0 Å². The summed E-state index contributed by atoms with van der Waals surface area (Å²) < 4.78 is 8.03. The monoisotopic (exact) mass is 426 g/mol. The summed E-state index contributed by atoms with van der Waals surface area (Å²) in [5.41, 5.74) is 1.87. The van der Waals surface area contributed by atoms with Gasteiger partial charge >= 0.3 is 0 Å². The van der Waals surface area contributed by atoms with Crippen molar-refractivity contribution < 1.29 is 4.42 Å². The first-order valence-corrected chi connectivity index (χ1v) is 11.2. The predicted octanol–water partition coefficient (Wildman–Crippen LogP) is 3.63. The van der Waals surface area contributed by atoms with Crippen LogP contribution in [0.3, 0.4) is 0 Å². The molecule has 2 aliphatic rings. The molecule has 2 aromatic heterocycles. The van der Waals surface area contributed by atoms with Gasteiger partial charge in [0, 0.05) is 56.3 Å². The molecule has 0 N–H and O–H groups in total. The lowest BCUT2D eigenvalue weighted by Gasteiger charge is -2.33. The van der Waals surface area contributed by atoms with Crippen LogP contribution in [0.1, 0.15) is 36.6 Å². The first-order valence-electron chi connectivity index (χ1n) is 10.8. The van der Waals surface area contributed by atoms with Gasteiger partial charge in [-0.2, -0.15) is 0 Å². The van der Waals surface area contributed by atoms with Crippen LogP contribution in [0.15, 0.2) is 34.9 Å². The fraction of sp³-hybridized carbons (Fsp3) is 0.500. The molecular weight excluding hydrogens is 400 g/mol. The van der Waals surface area contributed by atoms with E-state index >= 15 is 0 Å². The van der Waals surface area contributed by atoms with E-state index in [9.17, 15) is 0 Å². The quantitative estimate of drug-likeness (QED) is 0.620. The molecule has 0 radical (unpaired) electrons. The Morgan fingerprint density at radius 1 is 0.933 bits per heavy atom. The lowest BCUT2D eigenvalue weighted by Crippen LogP contribution is -2.45. The van der Waals surface area contributed by atoms with E-state index in [2.05, 4.69) is 29.5 Å². The Labute approximate surface area is 181 Å². The standard InChI is InChI=1S/C22H27ClN6O/c23-18-6-4-5-17(13-18)22-24-19(16-30-22)14-27-9-11-28(12-10-27)15-21-26-25-20-7-2-1-3-8-29(20)21/h4-6,13,16H,1-3,7-12,14-15H2. The molecule has 158 valence electrons. The summed E-state index contributed by atoms with van der Waals surface area (Å²) in [5.74, 6) is 2.92. The third-order valence-corrected chi connectivity index (χ3v) is 6.26. The average Bonchev–Trinajstić information content (AvgIpc) is 3.30. The van der Waals surface area contributed by atoms with E-state index < -0.39 is 0 Å². The maximum absolute atomic E-state index is 6.08. The molecule has 1 fully saturated rings. The molecule has 30 heavy (non-hydrogen) atoms. The van der Waals surface area contributed by atoms with Gasteiger partial charge in [0.25, 0.3) is 0 Å². The van der Waals surface area contributed by atoms with Crippen LogP contribution in [0.2, 0.25) is 5.02 Å². The molecule has 1 aromatic carbocycles. The number of aryl methyl sites for hydroxylation is 1. The number of nitrogens with zero attached hydrogens (tertiary/aromatic N) is 6. The van der Waals surface area contributed by atoms with Crippen LogP contribution in [0, 0.1) is 0 Å². The van der Waals surface area contributed by atoms with Gasteiger partial charge in [-0.15, -0.1) is 10.2 Å². The second-order valence-corrected chi connectivity index (χ2v) is 8.64. The van der Waals surface area contributed by atoms with E-state index in [4.69, 9.17) is 16.0 Å². The molecule has 0 atom stereocenters. The second-order valence-electron chi connectivity index (χ2n) is 8.20. The van der Waals surface area contributed by atoms with Gasteiger partial charge in [-0.25, -0.2) is 4.98 Å². The van der Waals surface area contributed by atoms with Crippen LogP contribution in [-0.2, 0) is 26.1 Å². The number of rotatable bonds is 5. The van der Waals surface area contributed by atoms with Crippen molar-refractivity contribution in [3.8, 4) is 11.5 Å². The van der Waals surface area contributed by atoms with E-state index in [-0.39, 0.29) is 0 Å². The number of oxazole rings is 1. The lowest BCUT2D eigenvalue weighted by atomic mass is 10.2. The number of benzene rings is 1. The van der Waals surface area contributed by atoms with Crippen molar-refractivity contribution in [2.75, 3.05) is 26.2 Å². The fourth-order valence-corrected chi connectivity index (χ4v) is 4.52. The maximum atomic E-state index is 6.08. The summed E-state index contributed by atoms with van der Waals surface area (Å²) in [7, 11) is 0. The molecule has 0 saturated carbocycles. The second kappa shape index (κ2) is 8.88. The highest BCUT2D eigenvalue weighted by Gasteiger charge is 2.22. The van der Waals surface area contributed by atoms with Crippen molar-refractivity contribution in [3.05, 3.63) is 52.9 Å². The highest BCUT2D eigenvalue weighted by Crippen LogP contribution is 2.23. The lowest BCUT2D eigenvalue weighted by molar-refractivity contribution is 0.117. The average molecular weight is 427 g/mol. The first kappa shape index (κ1) is 19.7. The molecule has 0 unspecified atom stereocenters. The van der Waals surface area contributed by atoms with Crippen LogP contribution in [0.4, 0.5) is 0 Å². The van der Waals surface area contributed by atoms with Crippen LogP contribution in [-0.4, -0.2) is 55.7 Å². The number of hydrogen-bond acceptors (Lipinski definition) is 6. The van der Waals surface area contributed by atoms with Gasteiger partial charge in [0.15, 0.2) is 0 Å². The van der Waals surface area contributed by atoms with Gasteiger partial charge in [-0.05, 0) is 31.0 Å². The summed E-state index contributed by atoms with van der Waals surface area (Å²) in [6.07, 6.45) is 6.59. The Morgan fingerprint density at radius 3 is 2.60 bits per heavy atom. The third kappa shape index (κ3) is 4.43. The van der Waals surface area contributed by atoms with Gasteiger partial charge < -0.3 is 8.98 Å². The SMILES string of the molecule is Clc1cccc(-c2nc(CN3CCN(Cc4nnc5n4CCCCC5)CC3)co2)c1. The molecule has 3 aromatic rings. The smallest absolute Gasteiger partial charge is 0.226 e. The van der Waals surface area contributed by atoms with E-state index in [0.717, 1.165) is 69.3 Å². The summed E-state index contributed by atoms with van der Waals surface area (Å²) in [4.78, 5) is 9.57. The predicted molar refractivity (Wildman–Crippen MR) is 115 cm³/mol. The minimum atomic E-state index is 0.624. The molecule has 1 saturated heterocycles. The summed E-state index contributed by atoms with van der Waals surface area (Å²) in [5, 5.41) is 9.61. The zero-order valence-corrected chi connectivity index (χ0v) is 17.9. The molecule has 2 aliphatic heterocycles. The van der Waals surface area contributed by atoms with Crippen molar-refractivity contribution in [3.63, 3.8) is 0 Å². The molecule has 7 nitrogen and oxygen atoms in total. The number of piperazine rings is 1. The molecule has 0 spiro atoms. The Balaban J connectivity index is 1.15. The zero-order chi connectivity index (χ0) is 20.3. The Kier molecular flexibility index (Phi) is 5.84. The zero-order valence-electron chi connectivity index (χ0n) is 17.1. The minimum Gasteiger partial charge on any atom is -0.444 e. The molecule has 0 aliphatic carbocycles. The third-order valence-electron chi connectivity index (χ3n) is 6.02. The van der Waals surface area contributed by atoms with Crippen molar-refractivity contribution in [2.24, 2.45) is 0 Å². The maximum Gasteiger partial charge on any atom is 0.226 e. The molecule has 0 amide bonds. The van der Waals surface area contributed by atoms with Gasteiger partial charge in [0.1, 0.15) is 17.9 Å². The van der Waals surface area contributed by atoms with E-state index in [1.807, 2.05) is 24.3 Å². The number of hydrogen-bond donors (Lipinski definition) is 0. The van der Waals surface area contributed by atoms with Crippen LogP contribution in [0.5, 0.6) is 0 Å². The van der Waals surface area contributed by atoms with Crippen molar-refractivity contribution in [1.82, 2.24) is 29.5 Å². The number of halogens is 1. The molecule has 5 rings (SSSR count). The first-order chi connectivity index (χ1) is 14.7. The van der Waals surface area contributed by atoms with E-state index in [0.29, 0.717) is 10.9 Å². The van der Waals surface area contributed by atoms with Gasteiger partial charge in [-0.3, -0.25) is 9.80 Å². The molecular formula is C22H27ClN6O. The molecule has 0 bridgehead atoms. The highest BCUT2D eigenvalue weighted by molar-refractivity contribution is 6.30. The van der Waals surface area contributed by atoms with E-state index in [1.54, 1.807) is 6.26 Å². The van der Waals surface area contributed by atoms with Gasteiger partial charge in [0.05, 0.1) is 12.2 Å². The van der Waals surface area contributed by atoms with Gasteiger partial charge in [-0.1, -0.05) is 24.1 Å². The van der Waals surface area contributed by atoms with Crippen molar-refractivity contribution >= 4 is 11.6 Å². The minimum absolute atomic E-state index is 0.624. The highest BCUT2D eigenvalue weighted by atomic mass is 35.5. The number of aromatic nitrogens is 4. The summed E-state index contributed by atoms with van der Waals surface area (Å²) >= 11 is 6.08.